The van der Waals surface area contributed by atoms with Crippen LogP contribution in [0.5, 0.6) is 11.6 Å². The molecule has 0 saturated heterocycles. The molecule has 27 heavy (non-hydrogen) atoms. The number of rotatable bonds is 8. The third kappa shape index (κ3) is 4.50. The summed E-state index contributed by atoms with van der Waals surface area (Å²) in [7, 11) is 1.63. The Hall–Kier alpha value is -2.77. The normalized spacial score (nSPS) is 11.0. The molecule has 0 atom stereocenters. The van der Waals surface area contributed by atoms with E-state index < -0.39 is 11.6 Å². The van der Waals surface area contributed by atoms with Gasteiger partial charge >= 0.3 is 0 Å². The standard InChI is InChI=1S/C20H21F2N3O2/c1-14-17(13-23-10-11-26-2)20(25(24-14)16-6-4-3-5-7-16)27-19-9-8-15(21)12-18(19)22/h3-9,12,23H,10-11,13H2,1-2H3. The third-order valence-electron chi connectivity index (χ3n) is 4.02. The van der Waals surface area contributed by atoms with Crippen molar-refractivity contribution in [3.8, 4) is 17.3 Å². The van der Waals surface area contributed by atoms with Crippen molar-refractivity contribution < 1.29 is 18.3 Å². The molecule has 3 aromatic rings. The Morgan fingerprint density at radius 1 is 1.11 bits per heavy atom. The number of hydrogen-bond acceptors (Lipinski definition) is 4. The van der Waals surface area contributed by atoms with Crippen LogP contribution in [0.3, 0.4) is 0 Å². The number of para-hydroxylation sites is 1. The summed E-state index contributed by atoms with van der Waals surface area (Å²) in [6.07, 6.45) is 0. The zero-order chi connectivity index (χ0) is 19.2. The van der Waals surface area contributed by atoms with Crippen LogP contribution in [0.1, 0.15) is 11.3 Å². The van der Waals surface area contributed by atoms with Crippen LogP contribution >= 0.6 is 0 Å². The van der Waals surface area contributed by atoms with Gasteiger partial charge in [-0.15, -0.1) is 0 Å². The predicted octanol–water partition coefficient (Wildman–Crippen LogP) is 3.99. The van der Waals surface area contributed by atoms with Crippen molar-refractivity contribution in [3.05, 3.63) is 71.4 Å². The second kappa shape index (κ2) is 8.75. The first-order valence-corrected chi connectivity index (χ1v) is 8.56. The summed E-state index contributed by atoms with van der Waals surface area (Å²) < 4.78 is 39.9. The SMILES string of the molecule is COCCNCc1c(C)nn(-c2ccccc2)c1Oc1ccc(F)cc1F. The Morgan fingerprint density at radius 3 is 2.59 bits per heavy atom. The van der Waals surface area contributed by atoms with E-state index in [1.54, 1.807) is 11.8 Å². The van der Waals surface area contributed by atoms with Crippen LogP contribution < -0.4 is 10.1 Å². The summed E-state index contributed by atoms with van der Waals surface area (Å²) in [5, 5.41) is 7.79. The lowest BCUT2D eigenvalue weighted by molar-refractivity contribution is 0.199. The number of aryl methyl sites for hydroxylation is 1. The number of methoxy groups -OCH3 is 1. The maximum Gasteiger partial charge on any atom is 0.227 e. The monoisotopic (exact) mass is 373 g/mol. The highest BCUT2D eigenvalue weighted by atomic mass is 19.1. The maximum absolute atomic E-state index is 14.1. The van der Waals surface area contributed by atoms with Crippen molar-refractivity contribution in [2.24, 2.45) is 0 Å². The lowest BCUT2D eigenvalue weighted by Crippen LogP contribution is -2.19. The first-order valence-electron chi connectivity index (χ1n) is 8.56. The highest BCUT2D eigenvalue weighted by Gasteiger charge is 2.20. The molecule has 0 radical (unpaired) electrons. The number of benzene rings is 2. The second-order valence-corrected chi connectivity index (χ2v) is 5.96. The van der Waals surface area contributed by atoms with E-state index in [1.165, 1.54) is 6.07 Å². The van der Waals surface area contributed by atoms with Gasteiger partial charge in [0.2, 0.25) is 5.88 Å². The van der Waals surface area contributed by atoms with Gasteiger partial charge in [0, 0.05) is 26.3 Å². The highest BCUT2D eigenvalue weighted by molar-refractivity contribution is 5.43. The van der Waals surface area contributed by atoms with E-state index in [0.717, 1.165) is 29.1 Å². The fourth-order valence-electron chi connectivity index (χ4n) is 2.64. The minimum Gasteiger partial charge on any atom is -0.435 e. The Bertz CT molecular complexity index is 898. The number of halogens is 2. The molecule has 0 amide bonds. The van der Waals surface area contributed by atoms with Crippen LogP contribution in [0, 0.1) is 18.6 Å². The van der Waals surface area contributed by atoms with Gasteiger partial charge in [-0.3, -0.25) is 0 Å². The average molecular weight is 373 g/mol. The van der Waals surface area contributed by atoms with Gasteiger partial charge in [0.25, 0.3) is 0 Å². The molecule has 1 N–H and O–H groups in total. The Kier molecular flexibility index (Phi) is 6.16. The van der Waals surface area contributed by atoms with E-state index in [-0.39, 0.29) is 5.75 Å². The minimum atomic E-state index is -0.772. The Morgan fingerprint density at radius 2 is 1.89 bits per heavy atom. The summed E-state index contributed by atoms with van der Waals surface area (Å²) in [4.78, 5) is 0. The third-order valence-corrected chi connectivity index (χ3v) is 4.02. The van der Waals surface area contributed by atoms with E-state index in [9.17, 15) is 8.78 Å². The van der Waals surface area contributed by atoms with Crippen LogP contribution in [0.2, 0.25) is 0 Å². The smallest absolute Gasteiger partial charge is 0.227 e. The fraction of sp³-hybridized carbons (Fsp3) is 0.250. The highest BCUT2D eigenvalue weighted by Crippen LogP contribution is 2.32. The van der Waals surface area contributed by atoms with Crippen LogP contribution in [0.25, 0.3) is 5.69 Å². The first kappa shape index (κ1) is 19.0. The Balaban J connectivity index is 1.99. The van der Waals surface area contributed by atoms with Gasteiger partial charge in [0.1, 0.15) is 5.82 Å². The number of hydrogen-bond donors (Lipinski definition) is 1. The molecule has 142 valence electrons. The minimum absolute atomic E-state index is 0.0633. The molecule has 3 rings (SSSR count). The lowest BCUT2D eigenvalue weighted by atomic mass is 10.2. The van der Waals surface area contributed by atoms with Gasteiger partial charge in [0.05, 0.1) is 23.6 Å². The summed E-state index contributed by atoms with van der Waals surface area (Å²) in [5.41, 5.74) is 2.32. The van der Waals surface area contributed by atoms with Gasteiger partial charge in [-0.05, 0) is 31.2 Å². The molecule has 0 aliphatic heterocycles. The molecule has 1 heterocycles. The van der Waals surface area contributed by atoms with Gasteiger partial charge in [0.15, 0.2) is 11.6 Å². The maximum atomic E-state index is 14.1. The molecular formula is C20H21F2N3O2. The van der Waals surface area contributed by atoms with Crippen LogP contribution in [-0.4, -0.2) is 30.0 Å². The second-order valence-electron chi connectivity index (χ2n) is 5.96. The van der Waals surface area contributed by atoms with Gasteiger partial charge in [-0.1, -0.05) is 18.2 Å². The first-order chi connectivity index (χ1) is 13.1. The van der Waals surface area contributed by atoms with E-state index in [4.69, 9.17) is 9.47 Å². The van der Waals surface area contributed by atoms with E-state index in [2.05, 4.69) is 10.4 Å². The molecule has 0 aliphatic carbocycles. The quantitative estimate of drug-likeness (QED) is 0.607. The molecule has 0 aliphatic rings. The molecule has 0 fully saturated rings. The van der Waals surface area contributed by atoms with Crippen LogP contribution in [0.4, 0.5) is 8.78 Å². The predicted molar refractivity (Wildman–Crippen MR) is 98.3 cm³/mol. The van der Waals surface area contributed by atoms with Gasteiger partial charge < -0.3 is 14.8 Å². The molecule has 1 aromatic heterocycles. The molecule has 7 heteroatoms. The molecule has 0 bridgehead atoms. The molecule has 5 nitrogen and oxygen atoms in total. The molecule has 2 aromatic carbocycles. The van der Waals surface area contributed by atoms with Crippen molar-refractivity contribution in [2.75, 3.05) is 20.3 Å². The topological polar surface area (TPSA) is 48.3 Å². The van der Waals surface area contributed by atoms with Gasteiger partial charge in [-0.25, -0.2) is 13.5 Å². The molecule has 0 saturated carbocycles. The van der Waals surface area contributed by atoms with Crippen molar-refractivity contribution in [3.63, 3.8) is 0 Å². The molecular weight excluding hydrogens is 352 g/mol. The van der Waals surface area contributed by atoms with E-state index in [0.29, 0.717) is 25.6 Å². The molecule has 0 spiro atoms. The number of nitrogens with zero attached hydrogens (tertiary/aromatic N) is 2. The summed E-state index contributed by atoms with van der Waals surface area (Å²) in [6, 6.07) is 12.6. The van der Waals surface area contributed by atoms with Crippen molar-refractivity contribution in [1.82, 2.24) is 15.1 Å². The Labute approximate surface area is 156 Å². The van der Waals surface area contributed by atoms with E-state index >= 15 is 0 Å². The summed E-state index contributed by atoms with van der Waals surface area (Å²) in [6.45, 7) is 3.55. The van der Waals surface area contributed by atoms with Crippen molar-refractivity contribution in [1.29, 1.82) is 0 Å². The van der Waals surface area contributed by atoms with E-state index in [1.807, 2.05) is 37.3 Å². The number of aromatic nitrogens is 2. The molecule has 0 unspecified atom stereocenters. The number of nitrogens with one attached hydrogen (secondary N) is 1. The summed E-state index contributed by atoms with van der Waals surface area (Å²) >= 11 is 0. The summed E-state index contributed by atoms with van der Waals surface area (Å²) in [5.74, 6) is -1.11. The largest absolute Gasteiger partial charge is 0.435 e. The van der Waals surface area contributed by atoms with Crippen LogP contribution in [-0.2, 0) is 11.3 Å². The van der Waals surface area contributed by atoms with Crippen LogP contribution in [0.15, 0.2) is 48.5 Å². The zero-order valence-electron chi connectivity index (χ0n) is 15.2. The van der Waals surface area contributed by atoms with Crippen molar-refractivity contribution in [2.45, 2.75) is 13.5 Å². The average Bonchev–Trinajstić information content (AvgIpc) is 2.97. The number of ether oxygens (including phenoxy) is 2. The lowest BCUT2D eigenvalue weighted by Gasteiger charge is -2.12. The van der Waals surface area contributed by atoms with Gasteiger partial charge in [-0.2, -0.15) is 5.10 Å². The zero-order valence-corrected chi connectivity index (χ0v) is 15.2. The fourth-order valence-corrected chi connectivity index (χ4v) is 2.64. The van der Waals surface area contributed by atoms with Crippen molar-refractivity contribution >= 4 is 0 Å².